The third-order valence-corrected chi connectivity index (χ3v) is 6.50. The highest BCUT2D eigenvalue weighted by Gasteiger charge is 2.23. The molecule has 2 aromatic carbocycles. The monoisotopic (exact) mass is 490 g/mol. The number of carbonyl (C=O) groups is 2. The van der Waals surface area contributed by atoms with Gasteiger partial charge in [0.2, 0.25) is 17.6 Å². The summed E-state index contributed by atoms with van der Waals surface area (Å²) in [4.78, 5) is 29.0. The van der Waals surface area contributed by atoms with Crippen LogP contribution in [0.4, 0.5) is 0 Å². The van der Waals surface area contributed by atoms with Crippen LogP contribution in [0.5, 0.6) is 5.75 Å². The first-order valence-corrected chi connectivity index (χ1v) is 11.9. The van der Waals surface area contributed by atoms with Crippen LogP contribution in [0, 0.1) is 0 Å². The SMILES string of the molecule is COc1ccc(CN(C(=O)Cn2nnc(-c3ccc(C(N)=O)cc3)n2)[C@@H](C)Cc2cccs2)cc1. The first-order valence-electron chi connectivity index (χ1n) is 11.1. The summed E-state index contributed by atoms with van der Waals surface area (Å²) in [5.74, 6) is 0.508. The van der Waals surface area contributed by atoms with E-state index in [9.17, 15) is 9.59 Å². The molecular formula is C25H26N6O3S. The standard InChI is InChI=1S/C25H26N6O3S/c1-17(14-22-4-3-13-35-22)30(15-18-5-11-21(34-2)12-6-18)23(32)16-31-28-25(27-29-31)20-9-7-19(8-10-20)24(26)33/h3-13,17H,14-16H2,1-2H3,(H2,26,33)/t17-/m0/s1. The van der Waals surface area contributed by atoms with Crippen molar-refractivity contribution in [1.29, 1.82) is 0 Å². The van der Waals surface area contributed by atoms with E-state index in [0.717, 1.165) is 17.7 Å². The van der Waals surface area contributed by atoms with Gasteiger partial charge in [-0.25, -0.2) is 0 Å². The highest BCUT2D eigenvalue weighted by atomic mass is 32.1. The number of aromatic nitrogens is 4. The molecule has 2 aromatic heterocycles. The van der Waals surface area contributed by atoms with E-state index >= 15 is 0 Å². The molecule has 0 saturated carbocycles. The highest BCUT2D eigenvalue weighted by Crippen LogP contribution is 2.19. The minimum absolute atomic E-state index is 0.0346. The maximum absolute atomic E-state index is 13.4. The number of thiophene rings is 1. The van der Waals surface area contributed by atoms with Crippen molar-refractivity contribution in [3.63, 3.8) is 0 Å². The smallest absolute Gasteiger partial charge is 0.248 e. The Kier molecular flexibility index (Phi) is 7.51. The number of tetrazole rings is 1. The van der Waals surface area contributed by atoms with Gasteiger partial charge < -0.3 is 15.4 Å². The Labute approximate surface area is 207 Å². The fraction of sp³-hybridized carbons (Fsp3) is 0.240. The molecule has 1 atom stereocenters. The average Bonchev–Trinajstić information content (AvgIpc) is 3.55. The fourth-order valence-corrected chi connectivity index (χ4v) is 4.50. The maximum Gasteiger partial charge on any atom is 0.248 e. The minimum Gasteiger partial charge on any atom is -0.497 e. The molecule has 4 aromatic rings. The summed E-state index contributed by atoms with van der Waals surface area (Å²) >= 11 is 1.68. The van der Waals surface area contributed by atoms with E-state index < -0.39 is 5.91 Å². The first kappa shape index (κ1) is 24.1. The van der Waals surface area contributed by atoms with Crippen LogP contribution in [0.2, 0.25) is 0 Å². The second kappa shape index (κ2) is 10.9. The Morgan fingerprint density at radius 1 is 1.11 bits per heavy atom. The molecule has 2 amide bonds. The third kappa shape index (κ3) is 6.10. The number of nitrogens with zero attached hydrogens (tertiary/aromatic N) is 5. The lowest BCUT2D eigenvalue weighted by molar-refractivity contribution is -0.135. The number of methoxy groups -OCH3 is 1. The van der Waals surface area contributed by atoms with Gasteiger partial charge in [-0.15, -0.1) is 21.5 Å². The van der Waals surface area contributed by atoms with Crippen LogP contribution in [-0.4, -0.2) is 50.1 Å². The predicted molar refractivity (Wildman–Crippen MR) is 133 cm³/mol. The zero-order chi connectivity index (χ0) is 24.8. The molecule has 180 valence electrons. The molecule has 0 saturated heterocycles. The van der Waals surface area contributed by atoms with Crippen molar-refractivity contribution >= 4 is 23.2 Å². The quantitative estimate of drug-likeness (QED) is 0.365. The number of carbonyl (C=O) groups excluding carboxylic acids is 2. The lowest BCUT2D eigenvalue weighted by Crippen LogP contribution is -2.41. The van der Waals surface area contributed by atoms with Crippen LogP contribution in [0.3, 0.4) is 0 Å². The van der Waals surface area contributed by atoms with Crippen molar-refractivity contribution in [1.82, 2.24) is 25.1 Å². The van der Waals surface area contributed by atoms with Gasteiger partial charge >= 0.3 is 0 Å². The summed E-state index contributed by atoms with van der Waals surface area (Å²) in [7, 11) is 1.62. The molecule has 2 heterocycles. The van der Waals surface area contributed by atoms with Gasteiger partial charge in [0.1, 0.15) is 12.3 Å². The van der Waals surface area contributed by atoms with Crippen molar-refractivity contribution in [3.05, 3.63) is 82.0 Å². The van der Waals surface area contributed by atoms with Gasteiger partial charge in [0.05, 0.1) is 7.11 Å². The molecule has 9 nitrogen and oxygen atoms in total. The van der Waals surface area contributed by atoms with Gasteiger partial charge in [-0.3, -0.25) is 9.59 Å². The lowest BCUT2D eigenvalue weighted by Gasteiger charge is -2.29. The van der Waals surface area contributed by atoms with Crippen LogP contribution < -0.4 is 10.5 Å². The highest BCUT2D eigenvalue weighted by molar-refractivity contribution is 7.09. The second-order valence-corrected chi connectivity index (χ2v) is 9.12. The summed E-state index contributed by atoms with van der Waals surface area (Å²) in [6, 6.07) is 18.3. The number of hydrogen-bond acceptors (Lipinski definition) is 7. The van der Waals surface area contributed by atoms with Gasteiger partial charge in [0, 0.05) is 35.0 Å². The number of amides is 2. The summed E-state index contributed by atoms with van der Waals surface area (Å²) in [6.45, 7) is 2.45. The van der Waals surface area contributed by atoms with Crippen LogP contribution in [0.15, 0.2) is 66.0 Å². The number of nitrogens with two attached hydrogens (primary N) is 1. The Hall–Kier alpha value is -4.05. The van der Waals surface area contributed by atoms with Crippen LogP contribution in [0.1, 0.15) is 27.7 Å². The van der Waals surface area contributed by atoms with Crippen molar-refractivity contribution in [2.75, 3.05) is 7.11 Å². The Balaban J connectivity index is 1.50. The van der Waals surface area contributed by atoms with Gasteiger partial charge in [-0.05, 0) is 53.4 Å². The van der Waals surface area contributed by atoms with Crippen LogP contribution in [0.25, 0.3) is 11.4 Å². The molecule has 0 aliphatic heterocycles. The third-order valence-electron chi connectivity index (χ3n) is 5.60. The van der Waals surface area contributed by atoms with Gasteiger partial charge in [0.15, 0.2) is 0 Å². The summed E-state index contributed by atoms with van der Waals surface area (Å²) in [5, 5.41) is 14.5. The van der Waals surface area contributed by atoms with Gasteiger partial charge in [0.25, 0.3) is 0 Å². The van der Waals surface area contributed by atoms with Crippen LogP contribution >= 0.6 is 11.3 Å². The van der Waals surface area contributed by atoms with E-state index in [1.165, 1.54) is 9.67 Å². The average molecular weight is 491 g/mol. The zero-order valence-corrected chi connectivity index (χ0v) is 20.3. The number of primary amides is 1. The van der Waals surface area contributed by atoms with E-state index in [-0.39, 0.29) is 18.5 Å². The minimum atomic E-state index is -0.507. The number of benzene rings is 2. The molecule has 0 radical (unpaired) electrons. The second-order valence-electron chi connectivity index (χ2n) is 8.09. The van der Waals surface area contributed by atoms with E-state index in [4.69, 9.17) is 10.5 Å². The van der Waals surface area contributed by atoms with Crippen molar-refractivity contribution in [2.45, 2.75) is 32.5 Å². The summed E-state index contributed by atoms with van der Waals surface area (Å²) < 4.78 is 5.25. The first-order chi connectivity index (χ1) is 16.9. The maximum atomic E-state index is 13.4. The van der Waals surface area contributed by atoms with Gasteiger partial charge in [-0.1, -0.05) is 30.3 Å². The molecule has 0 aliphatic carbocycles. The fourth-order valence-electron chi connectivity index (χ4n) is 3.67. The number of ether oxygens (including phenoxy) is 1. The molecule has 0 spiro atoms. The Morgan fingerprint density at radius 3 is 2.49 bits per heavy atom. The van der Waals surface area contributed by atoms with E-state index in [1.54, 1.807) is 42.7 Å². The normalized spacial score (nSPS) is 11.7. The number of hydrogen-bond donors (Lipinski definition) is 1. The molecule has 0 unspecified atom stereocenters. The van der Waals surface area contributed by atoms with Crippen molar-refractivity contribution in [2.24, 2.45) is 5.73 Å². The largest absolute Gasteiger partial charge is 0.497 e. The van der Waals surface area contributed by atoms with E-state index in [0.29, 0.717) is 23.5 Å². The van der Waals surface area contributed by atoms with Crippen LogP contribution in [-0.2, 0) is 24.3 Å². The molecule has 0 bridgehead atoms. The molecule has 10 heteroatoms. The Bertz CT molecular complexity index is 1270. The topological polar surface area (TPSA) is 116 Å². The molecule has 4 rings (SSSR count). The summed E-state index contributed by atoms with van der Waals surface area (Å²) in [6.07, 6.45) is 0.752. The Morgan fingerprint density at radius 2 is 1.86 bits per heavy atom. The zero-order valence-electron chi connectivity index (χ0n) is 19.5. The van der Waals surface area contributed by atoms with E-state index in [2.05, 4.69) is 21.5 Å². The van der Waals surface area contributed by atoms with E-state index in [1.807, 2.05) is 47.5 Å². The predicted octanol–water partition coefficient (Wildman–Crippen LogP) is 3.17. The molecular weight excluding hydrogens is 464 g/mol. The molecule has 0 aliphatic rings. The lowest BCUT2D eigenvalue weighted by atomic mass is 10.1. The number of rotatable bonds is 10. The molecule has 0 fully saturated rings. The van der Waals surface area contributed by atoms with Gasteiger partial charge in [-0.2, -0.15) is 4.80 Å². The van der Waals surface area contributed by atoms with Crippen molar-refractivity contribution in [3.8, 4) is 17.1 Å². The summed E-state index contributed by atoms with van der Waals surface area (Å²) in [5.41, 5.74) is 7.36. The molecule has 35 heavy (non-hydrogen) atoms. The molecule has 2 N–H and O–H groups in total. The van der Waals surface area contributed by atoms with Crippen molar-refractivity contribution < 1.29 is 14.3 Å².